The molecule has 0 saturated heterocycles. The first-order chi connectivity index (χ1) is 8.63. The zero-order chi connectivity index (χ0) is 13.0. The minimum Gasteiger partial charge on any atom is -0.308 e. The number of hydrogen-bond acceptors (Lipinski definition) is 3. The van der Waals surface area contributed by atoms with Crippen molar-refractivity contribution in [2.75, 3.05) is 10.6 Å². The van der Waals surface area contributed by atoms with Crippen LogP contribution in [0.3, 0.4) is 0 Å². The third kappa shape index (κ3) is 3.42. The molecule has 0 spiro atoms. The van der Waals surface area contributed by atoms with E-state index in [1.807, 2.05) is 6.07 Å². The Morgan fingerprint density at radius 3 is 2.72 bits per heavy atom. The van der Waals surface area contributed by atoms with Crippen LogP contribution < -0.4 is 16.2 Å². The van der Waals surface area contributed by atoms with E-state index in [1.165, 1.54) is 12.1 Å². The number of halogens is 1. The van der Waals surface area contributed by atoms with Gasteiger partial charge in [-0.2, -0.15) is 5.10 Å². The Balaban J connectivity index is 2.01. The quantitative estimate of drug-likeness (QED) is 0.794. The molecule has 6 nitrogen and oxygen atoms in total. The second-order valence-corrected chi connectivity index (χ2v) is 4.31. The lowest BCUT2D eigenvalue weighted by Crippen LogP contribution is -2.21. The molecule has 1 aromatic heterocycles. The summed E-state index contributed by atoms with van der Waals surface area (Å²) >= 11 is 3.30. The average Bonchev–Trinajstić information content (AvgIpc) is 2.32. The number of rotatable bonds is 2. The summed E-state index contributed by atoms with van der Waals surface area (Å²) in [6, 6.07) is 9.43. The smallest absolute Gasteiger partial charge is 0.308 e. The molecule has 2 amide bonds. The maximum Gasteiger partial charge on any atom is 0.324 e. The van der Waals surface area contributed by atoms with Gasteiger partial charge in [-0.25, -0.2) is 9.89 Å². The predicted molar refractivity (Wildman–Crippen MR) is 71.6 cm³/mol. The van der Waals surface area contributed by atoms with Gasteiger partial charge in [0.2, 0.25) is 0 Å². The number of H-pyrrole nitrogens is 1. The lowest BCUT2D eigenvalue weighted by atomic mass is 10.3. The first kappa shape index (κ1) is 12.3. The van der Waals surface area contributed by atoms with E-state index in [0.29, 0.717) is 5.69 Å². The van der Waals surface area contributed by atoms with Gasteiger partial charge in [0.15, 0.2) is 5.82 Å². The molecule has 7 heteroatoms. The molecule has 0 atom stereocenters. The van der Waals surface area contributed by atoms with Crippen LogP contribution in [0.1, 0.15) is 0 Å². The normalized spacial score (nSPS) is 9.83. The van der Waals surface area contributed by atoms with Crippen LogP contribution in [0.15, 0.2) is 45.7 Å². The molecular formula is C11H9BrN4O2. The van der Waals surface area contributed by atoms with Crippen molar-refractivity contribution in [1.82, 2.24) is 10.2 Å². The minimum atomic E-state index is -0.437. The summed E-state index contributed by atoms with van der Waals surface area (Å²) in [5, 5.41) is 11.0. The van der Waals surface area contributed by atoms with E-state index in [1.54, 1.807) is 18.2 Å². The minimum absolute atomic E-state index is 0.266. The molecule has 0 unspecified atom stereocenters. The SMILES string of the molecule is O=C(Nc1cccc(Br)c1)Nc1ccc(=O)[nH]n1. The number of benzene rings is 1. The van der Waals surface area contributed by atoms with Crippen molar-refractivity contribution in [2.45, 2.75) is 0 Å². The number of carbonyl (C=O) groups excluding carboxylic acids is 1. The Kier molecular flexibility index (Phi) is 3.73. The lowest BCUT2D eigenvalue weighted by Gasteiger charge is -2.06. The van der Waals surface area contributed by atoms with Crippen LogP contribution in [-0.2, 0) is 0 Å². The molecule has 2 aromatic rings. The summed E-state index contributed by atoms with van der Waals surface area (Å²) in [4.78, 5) is 22.4. The van der Waals surface area contributed by atoms with E-state index >= 15 is 0 Å². The van der Waals surface area contributed by atoms with Crippen molar-refractivity contribution in [3.05, 3.63) is 51.2 Å². The fraction of sp³-hybridized carbons (Fsp3) is 0. The standard InChI is InChI=1S/C11H9BrN4O2/c12-7-2-1-3-8(6-7)13-11(18)14-9-4-5-10(17)16-15-9/h1-6H,(H,16,17)(H2,13,14,15,18). The van der Waals surface area contributed by atoms with Crippen molar-refractivity contribution in [2.24, 2.45) is 0 Å². The fourth-order valence-corrected chi connectivity index (χ4v) is 1.66. The highest BCUT2D eigenvalue weighted by molar-refractivity contribution is 9.10. The number of carbonyl (C=O) groups is 1. The lowest BCUT2D eigenvalue weighted by molar-refractivity contribution is 0.262. The third-order valence-corrected chi connectivity index (χ3v) is 2.50. The highest BCUT2D eigenvalue weighted by Crippen LogP contribution is 2.15. The highest BCUT2D eigenvalue weighted by Gasteiger charge is 2.03. The van der Waals surface area contributed by atoms with Crippen LogP contribution in [0.5, 0.6) is 0 Å². The van der Waals surface area contributed by atoms with E-state index in [-0.39, 0.29) is 11.4 Å². The van der Waals surface area contributed by atoms with Gasteiger partial charge in [-0.1, -0.05) is 22.0 Å². The second kappa shape index (κ2) is 5.46. The molecule has 2 rings (SSSR count). The average molecular weight is 309 g/mol. The summed E-state index contributed by atoms with van der Waals surface area (Å²) in [6.07, 6.45) is 0. The van der Waals surface area contributed by atoms with E-state index in [4.69, 9.17) is 0 Å². The molecule has 92 valence electrons. The van der Waals surface area contributed by atoms with Gasteiger partial charge in [0.05, 0.1) is 0 Å². The number of aromatic nitrogens is 2. The summed E-state index contributed by atoms with van der Waals surface area (Å²) < 4.78 is 0.863. The molecule has 0 fully saturated rings. The zero-order valence-electron chi connectivity index (χ0n) is 9.11. The van der Waals surface area contributed by atoms with Crippen LogP contribution in [-0.4, -0.2) is 16.2 Å². The molecule has 3 N–H and O–H groups in total. The molecule has 0 saturated carbocycles. The van der Waals surface area contributed by atoms with Crippen molar-refractivity contribution in [3.8, 4) is 0 Å². The number of aromatic amines is 1. The zero-order valence-corrected chi connectivity index (χ0v) is 10.7. The summed E-state index contributed by atoms with van der Waals surface area (Å²) in [6.45, 7) is 0. The Hall–Kier alpha value is -2.15. The number of nitrogens with one attached hydrogen (secondary N) is 3. The third-order valence-electron chi connectivity index (χ3n) is 2.00. The molecular weight excluding hydrogens is 300 g/mol. The summed E-state index contributed by atoms with van der Waals surface area (Å²) in [5.74, 6) is 0.266. The van der Waals surface area contributed by atoms with Crippen molar-refractivity contribution in [1.29, 1.82) is 0 Å². The van der Waals surface area contributed by atoms with E-state index < -0.39 is 6.03 Å². The van der Waals surface area contributed by atoms with Gasteiger partial charge in [0, 0.05) is 16.2 Å². The van der Waals surface area contributed by atoms with Gasteiger partial charge < -0.3 is 5.32 Å². The Morgan fingerprint density at radius 2 is 2.06 bits per heavy atom. The Morgan fingerprint density at radius 1 is 1.22 bits per heavy atom. The van der Waals surface area contributed by atoms with Crippen molar-refractivity contribution >= 4 is 33.5 Å². The molecule has 0 aliphatic rings. The first-order valence-electron chi connectivity index (χ1n) is 5.03. The molecule has 0 radical (unpaired) electrons. The fourth-order valence-electron chi connectivity index (χ4n) is 1.26. The van der Waals surface area contributed by atoms with Crippen LogP contribution in [0, 0.1) is 0 Å². The summed E-state index contributed by atoms with van der Waals surface area (Å²) in [7, 11) is 0. The molecule has 0 aliphatic carbocycles. The molecule has 0 aliphatic heterocycles. The molecule has 1 heterocycles. The van der Waals surface area contributed by atoms with Gasteiger partial charge in [0.25, 0.3) is 5.56 Å². The molecule has 1 aromatic carbocycles. The van der Waals surface area contributed by atoms with Gasteiger partial charge in [-0.05, 0) is 24.3 Å². The monoisotopic (exact) mass is 308 g/mol. The van der Waals surface area contributed by atoms with Crippen molar-refractivity contribution in [3.63, 3.8) is 0 Å². The maximum atomic E-state index is 11.6. The number of anilines is 2. The molecule has 18 heavy (non-hydrogen) atoms. The van der Waals surface area contributed by atoms with E-state index in [2.05, 4.69) is 36.8 Å². The van der Waals surface area contributed by atoms with Gasteiger partial charge in [-0.15, -0.1) is 0 Å². The predicted octanol–water partition coefficient (Wildman–Crippen LogP) is 2.18. The van der Waals surface area contributed by atoms with Crippen molar-refractivity contribution < 1.29 is 4.79 Å². The van der Waals surface area contributed by atoms with Gasteiger partial charge in [-0.3, -0.25) is 10.1 Å². The van der Waals surface area contributed by atoms with Gasteiger partial charge >= 0.3 is 6.03 Å². The maximum absolute atomic E-state index is 11.6. The largest absolute Gasteiger partial charge is 0.324 e. The van der Waals surface area contributed by atoms with Crippen LogP contribution in [0.2, 0.25) is 0 Å². The molecule has 0 bridgehead atoms. The van der Waals surface area contributed by atoms with Crippen LogP contribution in [0.25, 0.3) is 0 Å². The summed E-state index contributed by atoms with van der Waals surface area (Å²) in [5.41, 5.74) is 0.319. The second-order valence-electron chi connectivity index (χ2n) is 3.40. The number of nitrogens with zero attached hydrogens (tertiary/aromatic N) is 1. The topological polar surface area (TPSA) is 86.9 Å². The van der Waals surface area contributed by atoms with Crippen LogP contribution in [0.4, 0.5) is 16.3 Å². The number of hydrogen-bond donors (Lipinski definition) is 3. The Bertz CT molecular complexity index is 606. The highest BCUT2D eigenvalue weighted by atomic mass is 79.9. The first-order valence-corrected chi connectivity index (χ1v) is 5.82. The van der Waals surface area contributed by atoms with Crippen LogP contribution >= 0.6 is 15.9 Å². The Labute approximate surface area is 111 Å². The number of urea groups is 1. The van der Waals surface area contributed by atoms with Gasteiger partial charge in [0.1, 0.15) is 0 Å². The van der Waals surface area contributed by atoms with E-state index in [0.717, 1.165) is 4.47 Å². The number of amides is 2. The van der Waals surface area contributed by atoms with E-state index in [9.17, 15) is 9.59 Å².